The SMILES string of the molecule is CC(=O)Oc1ccc(CCC(=O)Nc2cc(Cl)c(Cl)cc2Cl)cc1OC(C)=O. The molecular formula is C19H16Cl3NO5. The molecule has 0 heterocycles. The van der Waals surface area contributed by atoms with E-state index in [4.69, 9.17) is 44.3 Å². The highest BCUT2D eigenvalue weighted by molar-refractivity contribution is 6.44. The van der Waals surface area contributed by atoms with Crippen molar-refractivity contribution in [3.8, 4) is 11.5 Å². The van der Waals surface area contributed by atoms with Crippen molar-refractivity contribution in [3.63, 3.8) is 0 Å². The first-order valence-corrected chi connectivity index (χ1v) is 9.23. The lowest BCUT2D eigenvalue weighted by molar-refractivity contribution is -0.134. The summed E-state index contributed by atoms with van der Waals surface area (Å²) in [5.74, 6) is -1.17. The molecule has 0 spiro atoms. The highest BCUT2D eigenvalue weighted by atomic mass is 35.5. The van der Waals surface area contributed by atoms with E-state index in [-0.39, 0.29) is 38.9 Å². The van der Waals surface area contributed by atoms with Gasteiger partial charge in [-0.2, -0.15) is 0 Å². The van der Waals surface area contributed by atoms with Gasteiger partial charge in [0.05, 0.1) is 20.8 Å². The maximum absolute atomic E-state index is 12.2. The molecule has 0 radical (unpaired) electrons. The lowest BCUT2D eigenvalue weighted by Gasteiger charge is -2.11. The van der Waals surface area contributed by atoms with Gasteiger partial charge in [0.2, 0.25) is 5.91 Å². The van der Waals surface area contributed by atoms with Crippen molar-refractivity contribution in [2.24, 2.45) is 0 Å². The molecule has 1 N–H and O–H groups in total. The minimum Gasteiger partial charge on any atom is -0.423 e. The number of nitrogens with one attached hydrogen (secondary N) is 1. The van der Waals surface area contributed by atoms with Crippen LogP contribution < -0.4 is 14.8 Å². The van der Waals surface area contributed by atoms with Crippen molar-refractivity contribution in [3.05, 3.63) is 51.0 Å². The Labute approximate surface area is 176 Å². The maximum atomic E-state index is 12.2. The van der Waals surface area contributed by atoms with E-state index in [9.17, 15) is 14.4 Å². The van der Waals surface area contributed by atoms with Crippen molar-refractivity contribution in [2.45, 2.75) is 26.7 Å². The second kappa shape index (κ2) is 9.78. The van der Waals surface area contributed by atoms with Gasteiger partial charge in [-0.1, -0.05) is 40.9 Å². The van der Waals surface area contributed by atoms with Gasteiger partial charge in [0.25, 0.3) is 0 Å². The summed E-state index contributed by atoms with van der Waals surface area (Å²) in [6, 6.07) is 7.63. The van der Waals surface area contributed by atoms with Gasteiger partial charge < -0.3 is 14.8 Å². The molecule has 0 aliphatic rings. The van der Waals surface area contributed by atoms with Gasteiger partial charge in [-0.3, -0.25) is 14.4 Å². The Morgan fingerprint density at radius 1 is 0.857 bits per heavy atom. The van der Waals surface area contributed by atoms with Crippen molar-refractivity contribution >= 4 is 58.3 Å². The Morgan fingerprint density at radius 2 is 1.46 bits per heavy atom. The van der Waals surface area contributed by atoms with Gasteiger partial charge >= 0.3 is 11.9 Å². The average Bonchev–Trinajstić information content (AvgIpc) is 2.59. The van der Waals surface area contributed by atoms with Crippen LogP contribution in [0.15, 0.2) is 30.3 Å². The summed E-state index contributed by atoms with van der Waals surface area (Å²) in [5, 5.41) is 3.49. The number of aryl methyl sites for hydroxylation is 1. The van der Waals surface area contributed by atoms with Crippen LogP contribution in [0.1, 0.15) is 25.8 Å². The van der Waals surface area contributed by atoms with Crippen LogP contribution >= 0.6 is 34.8 Å². The number of rotatable bonds is 6. The lowest BCUT2D eigenvalue weighted by Crippen LogP contribution is -2.13. The summed E-state index contributed by atoms with van der Waals surface area (Å²) in [4.78, 5) is 34.6. The fourth-order valence-electron chi connectivity index (χ4n) is 2.27. The highest BCUT2D eigenvalue weighted by Gasteiger charge is 2.13. The molecule has 2 aromatic rings. The van der Waals surface area contributed by atoms with Gasteiger partial charge in [-0.05, 0) is 36.2 Å². The Kier molecular flexibility index (Phi) is 7.69. The summed E-state index contributed by atoms with van der Waals surface area (Å²) >= 11 is 17.8. The second-order valence-electron chi connectivity index (χ2n) is 5.76. The number of ether oxygens (including phenoxy) is 2. The Hall–Kier alpha value is -2.28. The van der Waals surface area contributed by atoms with Crippen LogP contribution in [0.5, 0.6) is 11.5 Å². The third-order valence-corrected chi connectivity index (χ3v) is 4.48. The Bertz CT molecular complexity index is 930. The number of anilines is 1. The van der Waals surface area contributed by atoms with E-state index in [2.05, 4.69) is 5.32 Å². The number of carbonyl (C=O) groups is 3. The molecule has 0 saturated carbocycles. The van der Waals surface area contributed by atoms with Gasteiger partial charge in [0, 0.05) is 20.3 Å². The Morgan fingerprint density at radius 3 is 2.11 bits per heavy atom. The normalized spacial score (nSPS) is 10.3. The third kappa shape index (κ3) is 6.41. The average molecular weight is 445 g/mol. The van der Waals surface area contributed by atoms with E-state index < -0.39 is 11.9 Å². The molecule has 148 valence electrons. The zero-order valence-electron chi connectivity index (χ0n) is 15.0. The fourth-order valence-corrected chi connectivity index (χ4v) is 2.86. The summed E-state index contributed by atoms with van der Waals surface area (Å²) in [6.07, 6.45) is 0.475. The molecule has 0 aromatic heterocycles. The lowest BCUT2D eigenvalue weighted by atomic mass is 10.1. The first-order valence-electron chi connectivity index (χ1n) is 8.10. The van der Waals surface area contributed by atoms with E-state index in [0.29, 0.717) is 17.7 Å². The number of amides is 1. The van der Waals surface area contributed by atoms with Gasteiger partial charge in [0.1, 0.15) is 0 Å². The van der Waals surface area contributed by atoms with Gasteiger partial charge in [-0.15, -0.1) is 0 Å². The van der Waals surface area contributed by atoms with Crippen molar-refractivity contribution < 1.29 is 23.9 Å². The minimum atomic E-state index is -0.558. The number of benzene rings is 2. The van der Waals surface area contributed by atoms with E-state index in [1.54, 1.807) is 12.1 Å². The van der Waals surface area contributed by atoms with Crippen molar-refractivity contribution in [1.29, 1.82) is 0 Å². The second-order valence-corrected chi connectivity index (χ2v) is 6.98. The zero-order chi connectivity index (χ0) is 20.8. The predicted molar refractivity (Wildman–Crippen MR) is 107 cm³/mol. The third-order valence-electron chi connectivity index (χ3n) is 3.44. The molecule has 0 saturated heterocycles. The maximum Gasteiger partial charge on any atom is 0.308 e. The molecule has 28 heavy (non-hydrogen) atoms. The van der Waals surface area contributed by atoms with E-state index in [1.165, 1.54) is 32.0 Å². The predicted octanol–water partition coefficient (Wildman–Crippen LogP) is 5.07. The Balaban J connectivity index is 2.07. The van der Waals surface area contributed by atoms with E-state index in [1.807, 2.05) is 0 Å². The monoisotopic (exact) mass is 443 g/mol. The fraction of sp³-hybridized carbons (Fsp3) is 0.211. The summed E-state index contributed by atoms with van der Waals surface area (Å²) < 4.78 is 10.1. The summed E-state index contributed by atoms with van der Waals surface area (Å²) in [7, 11) is 0. The molecule has 1 amide bonds. The first kappa shape index (κ1) is 22.0. The number of hydrogen-bond donors (Lipinski definition) is 1. The zero-order valence-corrected chi connectivity index (χ0v) is 17.2. The largest absolute Gasteiger partial charge is 0.423 e. The first-order chi connectivity index (χ1) is 13.2. The smallest absolute Gasteiger partial charge is 0.308 e. The molecule has 0 aliphatic carbocycles. The molecule has 0 unspecified atom stereocenters. The van der Waals surface area contributed by atoms with E-state index >= 15 is 0 Å². The molecule has 6 nitrogen and oxygen atoms in total. The van der Waals surface area contributed by atoms with Gasteiger partial charge in [-0.25, -0.2) is 0 Å². The van der Waals surface area contributed by atoms with Crippen LogP contribution in [0.2, 0.25) is 15.1 Å². The van der Waals surface area contributed by atoms with Crippen LogP contribution in [-0.4, -0.2) is 17.8 Å². The summed E-state index contributed by atoms with van der Waals surface area (Å²) in [5.41, 5.74) is 1.06. The molecule has 9 heteroatoms. The van der Waals surface area contributed by atoms with Crippen LogP contribution in [0, 0.1) is 0 Å². The quantitative estimate of drug-likeness (QED) is 0.382. The van der Waals surface area contributed by atoms with Crippen LogP contribution in [0.25, 0.3) is 0 Å². The minimum absolute atomic E-state index is 0.105. The van der Waals surface area contributed by atoms with Crippen LogP contribution in [0.3, 0.4) is 0 Å². The number of esters is 2. The number of halogens is 3. The summed E-state index contributed by atoms with van der Waals surface area (Å²) in [6.45, 7) is 2.47. The molecule has 2 aromatic carbocycles. The van der Waals surface area contributed by atoms with Crippen LogP contribution in [0.4, 0.5) is 5.69 Å². The number of carbonyl (C=O) groups excluding carboxylic acids is 3. The molecule has 0 bridgehead atoms. The van der Waals surface area contributed by atoms with E-state index in [0.717, 1.165) is 0 Å². The van der Waals surface area contributed by atoms with Crippen molar-refractivity contribution in [1.82, 2.24) is 0 Å². The molecule has 2 rings (SSSR count). The molecule has 0 aliphatic heterocycles. The highest BCUT2D eigenvalue weighted by Crippen LogP contribution is 2.32. The van der Waals surface area contributed by atoms with Gasteiger partial charge in [0.15, 0.2) is 11.5 Å². The topological polar surface area (TPSA) is 81.7 Å². The van der Waals surface area contributed by atoms with Crippen molar-refractivity contribution in [2.75, 3.05) is 5.32 Å². The molecule has 0 fully saturated rings. The number of hydrogen-bond acceptors (Lipinski definition) is 5. The standard InChI is InChI=1S/C19H16Cl3NO5/c1-10(24)27-17-5-3-12(7-18(17)28-11(2)25)4-6-19(26)23-16-9-14(21)13(20)8-15(16)22/h3,5,7-9H,4,6H2,1-2H3,(H,23,26). The molecular weight excluding hydrogens is 429 g/mol. The van der Waals surface area contributed by atoms with Crippen LogP contribution in [-0.2, 0) is 20.8 Å². The molecule has 0 atom stereocenters.